The van der Waals surface area contributed by atoms with Gasteiger partial charge in [-0.25, -0.2) is 0 Å². The Kier molecular flexibility index (Phi) is 11.5. The minimum absolute atomic E-state index is 0.624. The normalized spacial score (nSPS) is 10.9. The van der Waals surface area contributed by atoms with Crippen LogP contribution in [0.4, 0.5) is 0 Å². The molecule has 2 aromatic heterocycles. The van der Waals surface area contributed by atoms with Gasteiger partial charge in [-0.3, -0.25) is 0 Å². The molecule has 8 heteroatoms. The van der Waals surface area contributed by atoms with E-state index in [1.54, 1.807) is 6.07 Å². The van der Waals surface area contributed by atoms with Gasteiger partial charge in [0.15, 0.2) is 0 Å². The Morgan fingerprint density at radius 3 is 1.21 bits per heavy atom. The van der Waals surface area contributed by atoms with E-state index in [2.05, 4.69) is 133 Å². The van der Waals surface area contributed by atoms with Crippen molar-refractivity contribution in [3.63, 3.8) is 0 Å². The molecule has 0 saturated heterocycles. The number of halogens is 3. The molecule has 0 unspecified atom stereocenters. The van der Waals surface area contributed by atoms with Crippen LogP contribution in [0.2, 0.25) is 0 Å². The highest BCUT2D eigenvalue weighted by Crippen LogP contribution is 2.35. The molecule has 0 fully saturated rings. The Hall–Kier alpha value is -5.38. The zero-order valence-corrected chi connectivity index (χ0v) is 34.5. The van der Waals surface area contributed by atoms with E-state index in [0.29, 0.717) is 13.4 Å². The summed E-state index contributed by atoms with van der Waals surface area (Å²) in [5, 5.41) is 13.1. The van der Waals surface area contributed by atoms with Crippen LogP contribution in [-0.4, -0.2) is 12.7 Å². The Bertz CT molecular complexity index is 2870. The lowest BCUT2D eigenvalue weighted by Crippen LogP contribution is -1.99. The summed E-state index contributed by atoms with van der Waals surface area (Å²) < 4.78 is 19.8. The Balaban J connectivity index is 0.000000126. The predicted molar refractivity (Wildman–Crippen MR) is 242 cm³/mol. The minimum atomic E-state index is 0.624. The molecule has 4 nitrogen and oxygen atoms in total. The minimum Gasteiger partial charge on any atom is -0.537 e. The summed E-state index contributed by atoms with van der Waals surface area (Å²) in [6.45, 7) is 0. The van der Waals surface area contributed by atoms with Gasteiger partial charge in [-0.2, -0.15) is 0 Å². The van der Waals surface area contributed by atoms with E-state index in [0.717, 1.165) is 68.4 Å². The van der Waals surface area contributed by atoms with Crippen LogP contribution in [0.1, 0.15) is 0 Å². The third-order valence-corrected chi connectivity index (χ3v) is 10.7. The number of rotatable bonds is 5. The first-order valence-electron chi connectivity index (χ1n) is 17.7. The zero-order valence-electron chi connectivity index (χ0n) is 29.7. The standard InChI is InChI=1S/C24H15BrO.C12H10BO2.C12H6Br2O/c25-20-10-12-24-22(15-20)21-14-19(9-11-23(21)26-24)18-8-4-7-17(13-18)16-5-2-1-3-6-16;14-13-15-12-8-4-7-11(9-12)10-5-2-1-3-6-10;13-7-1-3-11-9(5-7)10-6-8(14)2-4-12(10)15-11/h1-15H;1-9,14H;1-6H. The molecule has 0 amide bonds. The van der Waals surface area contributed by atoms with Crippen molar-refractivity contribution in [2.24, 2.45) is 0 Å². The number of fused-ring (bicyclic) bond motifs is 6. The molecule has 271 valence electrons. The molecule has 2 heterocycles. The predicted octanol–water partition coefficient (Wildman–Crippen LogP) is 15.1. The molecule has 10 aromatic rings. The van der Waals surface area contributed by atoms with E-state index >= 15 is 0 Å². The zero-order chi connectivity index (χ0) is 38.4. The first-order chi connectivity index (χ1) is 27.4. The molecule has 10 rings (SSSR count). The molecule has 0 aliphatic carbocycles. The van der Waals surface area contributed by atoms with Gasteiger partial charge in [0, 0.05) is 35.0 Å². The van der Waals surface area contributed by atoms with Crippen LogP contribution >= 0.6 is 47.8 Å². The number of furan rings is 2. The van der Waals surface area contributed by atoms with Crippen LogP contribution in [0.15, 0.2) is 204 Å². The summed E-state index contributed by atoms with van der Waals surface area (Å²) in [6, 6.07) is 61.3. The summed E-state index contributed by atoms with van der Waals surface area (Å²) in [4.78, 5) is 0. The smallest absolute Gasteiger partial charge is 0.537 e. The fraction of sp³-hybridized carbons (Fsp3) is 0. The summed E-state index contributed by atoms with van der Waals surface area (Å²) in [7, 11) is 0.685. The topological polar surface area (TPSA) is 55.7 Å². The second-order valence-corrected chi connectivity index (χ2v) is 15.6. The van der Waals surface area contributed by atoms with Gasteiger partial charge in [-0.15, -0.1) is 0 Å². The van der Waals surface area contributed by atoms with Gasteiger partial charge in [0.2, 0.25) is 0 Å². The van der Waals surface area contributed by atoms with Gasteiger partial charge in [-0.05, 0) is 118 Å². The first-order valence-corrected chi connectivity index (χ1v) is 20.1. The third kappa shape index (κ3) is 8.54. The molecule has 0 saturated carbocycles. The monoisotopic (exact) mass is 919 g/mol. The molecule has 0 spiro atoms. The lowest BCUT2D eigenvalue weighted by molar-refractivity contribution is 0.454. The third-order valence-electron chi connectivity index (χ3n) is 9.26. The molecule has 8 aromatic carbocycles. The van der Waals surface area contributed by atoms with Crippen molar-refractivity contribution in [2.45, 2.75) is 0 Å². The van der Waals surface area contributed by atoms with E-state index in [4.69, 9.17) is 18.5 Å². The largest absolute Gasteiger partial charge is 0.569 e. The van der Waals surface area contributed by atoms with Crippen molar-refractivity contribution >= 4 is 99.4 Å². The van der Waals surface area contributed by atoms with Gasteiger partial charge >= 0.3 is 7.69 Å². The van der Waals surface area contributed by atoms with Crippen LogP contribution in [0.25, 0.3) is 77.3 Å². The maximum Gasteiger partial charge on any atom is 0.569 e. The SMILES string of the molecule is Brc1ccc2oc3ccc(-c4cccc(-c5ccccc5)c4)cc3c2c1.Brc1ccc2oc3ccc(Br)cc3c2c1.O[B]Oc1cccc(-c2ccccc2)c1. The van der Waals surface area contributed by atoms with E-state index in [1.807, 2.05) is 91.0 Å². The highest BCUT2D eigenvalue weighted by Gasteiger charge is 2.10. The van der Waals surface area contributed by atoms with Crippen LogP contribution in [0.5, 0.6) is 5.75 Å². The molecule has 1 radical (unpaired) electrons. The summed E-state index contributed by atoms with van der Waals surface area (Å²) in [5.41, 5.74) is 10.7. The van der Waals surface area contributed by atoms with Crippen molar-refractivity contribution < 1.29 is 18.5 Å². The second kappa shape index (κ2) is 17.2. The quantitative estimate of drug-likeness (QED) is 0.175. The highest BCUT2D eigenvalue weighted by molar-refractivity contribution is 9.11. The highest BCUT2D eigenvalue weighted by atomic mass is 79.9. The Morgan fingerprint density at radius 1 is 0.357 bits per heavy atom. The average Bonchev–Trinajstić information content (AvgIpc) is 3.79. The van der Waals surface area contributed by atoms with Gasteiger partial charge in [0.25, 0.3) is 0 Å². The van der Waals surface area contributed by atoms with Crippen molar-refractivity contribution in [1.29, 1.82) is 0 Å². The summed E-state index contributed by atoms with van der Waals surface area (Å²) >= 11 is 10.5. The van der Waals surface area contributed by atoms with Crippen LogP contribution in [-0.2, 0) is 0 Å². The number of benzene rings is 8. The van der Waals surface area contributed by atoms with Gasteiger partial charge in [-0.1, -0.05) is 145 Å². The van der Waals surface area contributed by atoms with Gasteiger partial charge < -0.3 is 18.5 Å². The first kappa shape index (κ1) is 37.5. The van der Waals surface area contributed by atoms with E-state index in [9.17, 15) is 0 Å². The maximum absolute atomic E-state index is 8.53. The number of hydrogen-bond donors (Lipinski definition) is 1. The van der Waals surface area contributed by atoms with E-state index in [-0.39, 0.29) is 0 Å². The fourth-order valence-corrected chi connectivity index (χ4v) is 7.68. The van der Waals surface area contributed by atoms with Crippen LogP contribution < -0.4 is 4.65 Å². The van der Waals surface area contributed by atoms with Gasteiger partial charge in [0.05, 0.1) is 0 Å². The maximum atomic E-state index is 8.53. The molecule has 56 heavy (non-hydrogen) atoms. The Labute approximate surface area is 350 Å². The molecule has 0 aliphatic heterocycles. The Morgan fingerprint density at radius 2 is 0.732 bits per heavy atom. The molecule has 0 aliphatic rings. The van der Waals surface area contributed by atoms with Crippen molar-refractivity contribution in [3.8, 4) is 39.1 Å². The lowest BCUT2D eigenvalue weighted by Gasteiger charge is -2.06. The lowest BCUT2D eigenvalue weighted by atomic mass is 9.98. The van der Waals surface area contributed by atoms with E-state index in [1.165, 1.54) is 22.3 Å². The summed E-state index contributed by atoms with van der Waals surface area (Å²) in [5.74, 6) is 0.624. The van der Waals surface area contributed by atoms with Crippen molar-refractivity contribution in [3.05, 3.63) is 195 Å². The number of hydrogen-bond acceptors (Lipinski definition) is 4. The van der Waals surface area contributed by atoms with E-state index < -0.39 is 0 Å². The molecule has 1 N–H and O–H groups in total. The molecule has 0 atom stereocenters. The molecule has 0 bridgehead atoms. The van der Waals surface area contributed by atoms with Gasteiger partial charge in [0.1, 0.15) is 28.1 Å². The second-order valence-electron chi connectivity index (χ2n) is 12.9. The fourth-order valence-electron chi connectivity index (χ4n) is 6.60. The van der Waals surface area contributed by atoms with Crippen LogP contribution in [0, 0.1) is 0 Å². The molecular weight excluding hydrogens is 891 g/mol. The molecular formula is C48H31BBr3O4. The van der Waals surface area contributed by atoms with Crippen LogP contribution in [0.3, 0.4) is 0 Å². The summed E-state index contributed by atoms with van der Waals surface area (Å²) in [6.07, 6.45) is 0. The van der Waals surface area contributed by atoms with Crippen molar-refractivity contribution in [1.82, 2.24) is 0 Å². The average molecular weight is 922 g/mol. The van der Waals surface area contributed by atoms with Crippen molar-refractivity contribution in [2.75, 3.05) is 0 Å².